The molecule has 162 valence electrons. The van der Waals surface area contributed by atoms with Crippen LogP contribution in [0.1, 0.15) is 38.5 Å². The zero-order chi connectivity index (χ0) is 22.2. The Morgan fingerprint density at radius 3 is 2.45 bits per heavy atom. The van der Waals surface area contributed by atoms with Crippen molar-refractivity contribution >= 4 is 40.4 Å². The van der Waals surface area contributed by atoms with Crippen molar-refractivity contribution in [3.05, 3.63) is 75.2 Å². The number of hydrogen-bond acceptors (Lipinski definition) is 6. The van der Waals surface area contributed by atoms with Crippen molar-refractivity contribution in [3.63, 3.8) is 0 Å². The Balaban J connectivity index is 1.55. The molecule has 0 fully saturated rings. The summed E-state index contributed by atoms with van der Waals surface area (Å²) in [4.78, 5) is 27.2. The van der Waals surface area contributed by atoms with E-state index in [0.29, 0.717) is 17.3 Å². The highest BCUT2D eigenvalue weighted by Crippen LogP contribution is 2.17. The first-order valence-electron chi connectivity index (χ1n) is 9.88. The molecule has 0 saturated heterocycles. The predicted octanol–water partition coefficient (Wildman–Crippen LogP) is 4.08. The first-order chi connectivity index (χ1) is 14.9. The Kier molecular flexibility index (Phi) is 8.11. The second kappa shape index (κ2) is 11.0. The number of likely N-dealkylation sites (N-methyl/N-ethyl adjacent to an activating group) is 1. The number of carbonyl (C=O) groups is 2. The minimum atomic E-state index is -0.437. The maximum absolute atomic E-state index is 12.6. The molecule has 2 aromatic carbocycles. The van der Waals surface area contributed by atoms with Crippen molar-refractivity contribution in [2.45, 2.75) is 25.9 Å². The molecule has 3 rings (SSSR count). The van der Waals surface area contributed by atoms with Gasteiger partial charge in [-0.15, -0.1) is 10.2 Å². The van der Waals surface area contributed by atoms with Crippen LogP contribution in [-0.4, -0.2) is 46.5 Å². The summed E-state index contributed by atoms with van der Waals surface area (Å²) in [6, 6.07) is 16.9. The molecule has 31 heavy (non-hydrogen) atoms. The molecular weight excluding hydrogens is 434 g/mol. The second-order valence-electron chi connectivity index (χ2n) is 7.14. The summed E-state index contributed by atoms with van der Waals surface area (Å²) >= 11 is 6.88. The Labute approximate surface area is 190 Å². The van der Waals surface area contributed by atoms with Crippen molar-refractivity contribution < 1.29 is 9.59 Å². The third-order valence-corrected chi connectivity index (χ3v) is 5.71. The fraction of sp³-hybridized carbons (Fsp3) is 0.273. The third-order valence-electron chi connectivity index (χ3n) is 4.55. The van der Waals surface area contributed by atoms with E-state index < -0.39 is 5.91 Å². The predicted molar refractivity (Wildman–Crippen MR) is 124 cm³/mol. The number of nitrogens with one attached hydrogen (secondary N) is 2. The number of rotatable bonds is 9. The van der Waals surface area contributed by atoms with Crippen molar-refractivity contribution in [1.29, 1.82) is 0 Å². The van der Waals surface area contributed by atoms with Gasteiger partial charge in [0.25, 0.3) is 11.8 Å². The summed E-state index contributed by atoms with van der Waals surface area (Å²) in [5.74, 6) is -0.771. The monoisotopic (exact) mass is 457 g/mol. The quantitative estimate of drug-likeness (QED) is 0.505. The molecular formula is C22H24ClN5O2S. The number of anilines is 1. The van der Waals surface area contributed by atoms with Crippen LogP contribution in [0.5, 0.6) is 0 Å². The van der Waals surface area contributed by atoms with Gasteiger partial charge in [-0.05, 0) is 37.2 Å². The average molecular weight is 458 g/mol. The summed E-state index contributed by atoms with van der Waals surface area (Å²) in [6.45, 7) is 3.50. The van der Waals surface area contributed by atoms with Gasteiger partial charge in [0.2, 0.25) is 10.0 Å². The molecule has 0 saturated carbocycles. The Bertz CT molecular complexity index is 1030. The number of benzene rings is 2. The number of aromatic nitrogens is 2. The maximum atomic E-state index is 12.6. The van der Waals surface area contributed by atoms with Crippen LogP contribution in [0.3, 0.4) is 0 Å². The van der Waals surface area contributed by atoms with Gasteiger partial charge in [0.05, 0.1) is 0 Å². The number of halogens is 1. The SMILES string of the molecule is CCC(CN(C)Cc1ccccc1)NC(=O)c1nnc(C(=O)Nc2cccc(Cl)c2)s1. The topological polar surface area (TPSA) is 87.2 Å². The van der Waals surface area contributed by atoms with Gasteiger partial charge in [0.15, 0.2) is 0 Å². The Morgan fingerprint density at radius 2 is 1.77 bits per heavy atom. The highest BCUT2D eigenvalue weighted by molar-refractivity contribution is 7.15. The highest BCUT2D eigenvalue weighted by Gasteiger charge is 2.20. The molecule has 0 aliphatic rings. The van der Waals surface area contributed by atoms with Crippen molar-refractivity contribution in [2.75, 3.05) is 18.9 Å². The van der Waals surface area contributed by atoms with Gasteiger partial charge in [0, 0.05) is 29.8 Å². The summed E-state index contributed by atoms with van der Waals surface area (Å²) in [7, 11) is 2.02. The molecule has 0 aliphatic heterocycles. The van der Waals surface area contributed by atoms with Gasteiger partial charge >= 0.3 is 0 Å². The molecule has 0 radical (unpaired) electrons. The molecule has 3 aromatic rings. The minimum absolute atomic E-state index is 0.0474. The average Bonchev–Trinajstić information content (AvgIpc) is 3.24. The smallest absolute Gasteiger partial charge is 0.286 e. The molecule has 9 heteroatoms. The number of amides is 2. The van der Waals surface area contributed by atoms with Gasteiger partial charge < -0.3 is 15.5 Å². The molecule has 1 atom stereocenters. The van der Waals surface area contributed by atoms with E-state index in [1.165, 1.54) is 5.56 Å². The van der Waals surface area contributed by atoms with Gasteiger partial charge in [-0.25, -0.2) is 0 Å². The van der Waals surface area contributed by atoms with Crippen LogP contribution in [0.15, 0.2) is 54.6 Å². The number of nitrogens with zero attached hydrogens (tertiary/aromatic N) is 3. The van der Waals surface area contributed by atoms with Crippen molar-refractivity contribution in [1.82, 2.24) is 20.4 Å². The lowest BCUT2D eigenvalue weighted by molar-refractivity contribution is 0.0923. The first-order valence-corrected chi connectivity index (χ1v) is 11.1. The molecule has 0 bridgehead atoms. The lowest BCUT2D eigenvalue weighted by atomic mass is 10.2. The molecule has 2 N–H and O–H groups in total. The molecule has 1 aromatic heterocycles. The fourth-order valence-corrected chi connectivity index (χ4v) is 3.85. The molecule has 2 amide bonds. The van der Waals surface area contributed by atoms with Crippen LogP contribution in [0.4, 0.5) is 5.69 Å². The lowest BCUT2D eigenvalue weighted by Gasteiger charge is -2.23. The first kappa shape index (κ1) is 22.9. The van der Waals surface area contributed by atoms with E-state index in [4.69, 9.17) is 11.6 Å². The zero-order valence-corrected chi connectivity index (χ0v) is 18.9. The maximum Gasteiger partial charge on any atom is 0.286 e. The molecule has 0 spiro atoms. The number of carbonyl (C=O) groups excluding carboxylic acids is 2. The Morgan fingerprint density at radius 1 is 1.06 bits per heavy atom. The van der Waals surface area contributed by atoms with Crippen LogP contribution < -0.4 is 10.6 Å². The standard InChI is InChI=1S/C22H24ClN5O2S/c1-3-17(14-28(2)13-15-8-5-4-6-9-15)24-19(29)21-26-27-22(31-21)20(30)25-18-11-7-10-16(23)12-18/h4-12,17H,3,13-14H2,1-2H3,(H,24,29)(H,25,30). The van der Waals surface area contributed by atoms with Crippen LogP contribution in [0.2, 0.25) is 5.02 Å². The second-order valence-corrected chi connectivity index (χ2v) is 8.55. The van der Waals surface area contributed by atoms with E-state index in [2.05, 4.69) is 37.9 Å². The lowest BCUT2D eigenvalue weighted by Crippen LogP contribution is -2.42. The largest absolute Gasteiger partial charge is 0.346 e. The van der Waals surface area contributed by atoms with Crippen molar-refractivity contribution in [3.8, 4) is 0 Å². The summed E-state index contributed by atoms with van der Waals surface area (Å²) in [5.41, 5.74) is 1.76. The molecule has 7 nitrogen and oxygen atoms in total. The van der Waals surface area contributed by atoms with Gasteiger partial charge in [-0.1, -0.05) is 66.3 Å². The van der Waals surface area contributed by atoms with E-state index in [1.807, 2.05) is 32.2 Å². The van der Waals surface area contributed by atoms with Crippen LogP contribution >= 0.6 is 22.9 Å². The van der Waals surface area contributed by atoms with Crippen LogP contribution in [-0.2, 0) is 6.54 Å². The molecule has 1 heterocycles. The van der Waals surface area contributed by atoms with Crippen LogP contribution in [0.25, 0.3) is 0 Å². The van der Waals surface area contributed by atoms with Gasteiger partial charge in [-0.2, -0.15) is 0 Å². The highest BCUT2D eigenvalue weighted by atomic mass is 35.5. The summed E-state index contributed by atoms with van der Waals surface area (Å²) < 4.78 is 0. The molecule has 1 unspecified atom stereocenters. The minimum Gasteiger partial charge on any atom is -0.346 e. The normalized spacial score (nSPS) is 11.9. The van der Waals surface area contributed by atoms with E-state index in [1.54, 1.807) is 24.3 Å². The number of hydrogen-bond donors (Lipinski definition) is 2. The van der Waals surface area contributed by atoms with Gasteiger partial charge in [0.1, 0.15) is 0 Å². The van der Waals surface area contributed by atoms with Crippen molar-refractivity contribution in [2.24, 2.45) is 0 Å². The fourth-order valence-electron chi connectivity index (χ4n) is 3.02. The summed E-state index contributed by atoms with van der Waals surface area (Å²) in [5, 5.41) is 14.2. The third kappa shape index (κ3) is 6.85. The van der Waals surface area contributed by atoms with E-state index in [-0.39, 0.29) is 22.0 Å². The molecule has 0 aliphatic carbocycles. The zero-order valence-electron chi connectivity index (χ0n) is 17.3. The Hall–Kier alpha value is -2.81. The van der Waals surface area contributed by atoms with E-state index in [9.17, 15) is 9.59 Å². The summed E-state index contributed by atoms with van der Waals surface area (Å²) in [6.07, 6.45) is 0.770. The van der Waals surface area contributed by atoms with E-state index >= 15 is 0 Å². The van der Waals surface area contributed by atoms with Gasteiger partial charge in [-0.3, -0.25) is 9.59 Å². The van der Waals surface area contributed by atoms with Crippen LogP contribution in [0, 0.1) is 0 Å². The van der Waals surface area contributed by atoms with E-state index in [0.717, 1.165) is 24.3 Å².